The molecule has 0 radical (unpaired) electrons. The van der Waals surface area contributed by atoms with E-state index < -0.39 is 0 Å². The molecule has 2 N–H and O–H groups in total. The lowest BCUT2D eigenvalue weighted by molar-refractivity contribution is -0.131. The molecule has 1 heterocycles. The highest BCUT2D eigenvalue weighted by Crippen LogP contribution is 2.30. The third-order valence-electron chi connectivity index (χ3n) is 4.17. The van der Waals surface area contributed by atoms with Gasteiger partial charge in [-0.25, -0.2) is 0 Å². The number of carbonyl (C=O) groups excluding carboxylic acids is 1. The van der Waals surface area contributed by atoms with Crippen LogP contribution in [0.15, 0.2) is 22.7 Å². The van der Waals surface area contributed by atoms with E-state index in [-0.39, 0.29) is 29.8 Å². The minimum absolute atomic E-state index is 0. The molecule has 0 bridgehead atoms. The Balaban J connectivity index is 0.00000242. The Bertz CT molecular complexity index is 519. The Morgan fingerprint density at radius 1 is 1.50 bits per heavy atom. The van der Waals surface area contributed by atoms with Crippen LogP contribution in [0.4, 0.5) is 0 Å². The lowest BCUT2D eigenvalue weighted by Crippen LogP contribution is -2.49. The Kier molecular flexibility index (Phi) is 7.16. The van der Waals surface area contributed by atoms with Crippen LogP contribution < -0.4 is 15.4 Å². The topological polar surface area (TPSA) is 50.4 Å². The van der Waals surface area contributed by atoms with E-state index >= 15 is 0 Å². The molecule has 6 heteroatoms. The van der Waals surface area contributed by atoms with Gasteiger partial charge in [0.25, 0.3) is 0 Å². The SMILES string of the molecule is COc1ccc(C(C)NC(=O)C2(C)CCCNC2)cc1Br.Cl. The summed E-state index contributed by atoms with van der Waals surface area (Å²) in [7, 11) is 1.64. The van der Waals surface area contributed by atoms with Gasteiger partial charge in [0.05, 0.1) is 23.0 Å². The van der Waals surface area contributed by atoms with E-state index in [9.17, 15) is 4.79 Å². The fourth-order valence-electron chi connectivity index (χ4n) is 2.66. The largest absolute Gasteiger partial charge is 0.496 e. The van der Waals surface area contributed by atoms with Crippen LogP contribution in [0.25, 0.3) is 0 Å². The van der Waals surface area contributed by atoms with Gasteiger partial charge in [0, 0.05) is 6.54 Å². The molecule has 1 amide bonds. The van der Waals surface area contributed by atoms with Gasteiger partial charge < -0.3 is 15.4 Å². The molecule has 0 spiro atoms. The van der Waals surface area contributed by atoms with Gasteiger partial charge in [-0.05, 0) is 66.9 Å². The first-order valence-electron chi connectivity index (χ1n) is 7.31. The predicted molar refractivity (Wildman–Crippen MR) is 94.7 cm³/mol. The monoisotopic (exact) mass is 390 g/mol. The smallest absolute Gasteiger partial charge is 0.227 e. The molecule has 1 aromatic rings. The van der Waals surface area contributed by atoms with Crippen molar-refractivity contribution in [2.24, 2.45) is 5.41 Å². The first-order valence-corrected chi connectivity index (χ1v) is 8.11. The van der Waals surface area contributed by atoms with Crippen LogP contribution in [-0.2, 0) is 4.79 Å². The minimum Gasteiger partial charge on any atom is -0.496 e. The average Bonchev–Trinajstić information content (AvgIpc) is 2.47. The maximum absolute atomic E-state index is 12.5. The van der Waals surface area contributed by atoms with Gasteiger partial charge in [0.2, 0.25) is 5.91 Å². The molecule has 1 aromatic carbocycles. The number of amides is 1. The summed E-state index contributed by atoms with van der Waals surface area (Å²) in [5, 5.41) is 6.44. The van der Waals surface area contributed by atoms with Gasteiger partial charge in [-0.3, -0.25) is 4.79 Å². The molecule has 2 unspecified atom stereocenters. The summed E-state index contributed by atoms with van der Waals surface area (Å²) in [6.45, 7) is 5.79. The van der Waals surface area contributed by atoms with E-state index in [4.69, 9.17) is 4.74 Å². The quantitative estimate of drug-likeness (QED) is 0.826. The van der Waals surface area contributed by atoms with Crippen molar-refractivity contribution in [2.45, 2.75) is 32.7 Å². The Labute approximate surface area is 146 Å². The number of ether oxygens (including phenoxy) is 1. The Hall–Kier alpha value is -0.780. The van der Waals surface area contributed by atoms with Crippen molar-refractivity contribution in [1.29, 1.82) is 0 Å². The van der Waals surface area contributed by atoms with E-state index in [1.54, 1.807) is 7.11 Å². The van der Waals surface area contributed by atoms with E-state index in [2.05, 4.69) is 26.6 Å². The number of halogens is 2. The van der Waals surface area contributed by atoms with Crippen molar-refractivity contribution < 1.29 is 9.53 Å². The van der Waals surface area contributed by atoms with Crippen molar-refractivity contribution in [2.75, 3.05) is 20.2 Å². The van der Waals surface area contributed by atoms with Gasteiger partial charge in [0.15, 0.2) is 0 Å². The Morgan fingerprint density at radius 2 is 2.23 bits per heavy atom. The molecule has 0 aromatic heterocycles. The molecular formula is C16H24BrClN2O2. The summed E-state index contributed by atoms with van der Waals surface area (Å²) < 4.78 is 6.13. The highest BCUT2D eigenvalue weighted by molar-refractivity contribution is 9.10. The summed E-state index contributed by atoms with van der Waals surface area (Å²) in [5.74, 6) is 0.912. The summed E-state index contributed by atoms with van der Waals surface area (Å²) in [4.78, 5) is 12.5. The van der Waals surface area contributed by atoms with Crippen molar-refractivity contribution in [3.8, 4) is 5.75 Å². The second-order valence-corrected chi connectivity index (χ2v) is 6.78. The number of nitrogens with one attached hydrogen (secondary N) is 2. The predicted octanol–water partition coefficient (Wildman–Crippen LogP) is 3.45. The number of rotatable bonds is 4. The highest BCUT2D eigenvalue weighted by Gasteiger charge is 2.35. The zero-order valence-electron chi connectivity index (χ0n) is 13.2. The second-order valence-electron chi connectivity index (χ2n) is 5.93. The molecule has 22 heavy (non-hydrogen) atoms. The van der Waals surface area contributed by atoms with Crippen LogP contribution in [0.3, 0.4) is 0 Å². The average molecular weight is 392 g/mol. The minimum atomic E-state index is -0.309. The van der Waals surface area contributed by atoms with E-state index in [0.717, 1.165) is 41.7 Å². The van der Waals surface area contributed by atoms with Gasteiger partial charge in [-0.2, -0.15) is 0 Å². The lowest BCUT2D eigenvalue weighted by atomic mass is 9.81. The first kappa shape index (κ1) is 19.3. The highest BCUT2D eigenvalue weighted by atomic mass is 79.9. The normalized spacial score (nSPS) is 22.4. The molecule has 2 atom stereocenters. The molecule has 4 nitrogen and oxygen atoms in total. The van der Waals surface area contributed by atoms with E-state index in [0.29, 0.717) is 0 Å². The van der Waals surface area contributed by atoms with Crippen molar-refractivity contribution in [1.82, 2.24) is 10.6 Å². The van der Waals surface area contributed by atoms with Crippen molar-refractivity contribution >= 4 is 34.2 Å². The van der Waals surface area contributed by atoms with Crippen molar-refractivity contribution in [3.63, 3.8) is 0 Å². The maximum Gasteiger partial charge on any atom is 0.227 e. The van der Waals surface area contributed by atoms with Gasteiger partial charge in [-0.1, -0.05) is 6.07 Å². The maximum atomic E-state index is 12.5. The fraction of sp³-hybridized carbons (Fsp3) is 0.562. The van der Waals surface area contributed by atoms with Crippen LogP contribution in [-0.4, -0.2) is 26.1 Å². The molecule has 124 valence electrons. The summed E-state index contributed by atoms with van der Waals surface area (Å²) in [6, 6.07) is 5.85. The molecular weight excluding hydrogens is 368 g/mol. The summed E-state index contributed by atoms with van der Waals surface area (Å²) >= 11 is 3.48. The van der Waals surface area contributed by atoms with Crippen LogP contribution in [0.5, 0.6) is 5.75 Å². The molecule has 0 saturated carbocycles. The summed E-state index contributed by atoms with van der Waals surface area (Å²) in [6.07, 6.45) is 1.98. The van der Waals surface area contributed by atoms with Gasteiger partial charge >= 0.3 is 0 Å². The number of hydrogen-bond acceptors (Lipinski definition) is 3. The number of carbonyl (C=O) groups is 1. The van der Waals surface area contributed by atoms with E-state index in [1.165, 1.54) is 0 Å². The zero-order valence-corrected chi connectivity index (χ0v) is 15.6. The second kappa shape index (κ2) is 8.18. The van der Waals surface area contributed by atoms with E-state index in [1.807, 2.05) is 32.0 Å². The number of benzene rings is 1. The van der Waals surface area contributed by atoms with Crippen LogP contribution in [0, 0.1) is 5.41 Å². The van der Waals surface area contributed by atoms with Crippen LogP contribution in [0.1, 0.15) is 38.3 Å². The van der Waals surface area contributed by atoms with Gasteiger partial charge in [0.1, 0.15) is 5.75 Å². The summed E-state index contributed by atoms with van der Waals surface area (Å²) in [5.41, 5.74) is 0.749. The molecule has 1 fully saturated rings. The van der Waals surface area contributed by atoms with Crippen LogP contribution >= 0.6 is 28.3 Å². The zero-order chi connectivity index (χ0) is 15.5. The lowest BCUT2D eigenvalue weighted by Gasteiger charge is -2.33. The molecule has 1 saturated heterocycles. The number of hydrogen-bond donors (Lipinski definition) is 2. The Morgan fingerprint density at radius 3 is 2.77 bits per heavy atom. The molecule has 2 rings (SSSR count). The standard InChI is InChI=1S/C16H23BrN2O2.ClH/c1-11(12-5-6-14(21-3)13(17)9-12)19-15(20)16(2)7-4-8-18-10-16;/h5-6,9,11,18H,4,7-8,10H2,1-3H3,(H,19,20);1H. The third kappa shape index (κ3) is 4.37. The number of piperidine rings is 1. The molecule has 0 aliphatic carbocycles. The molecule has 1 aliphatic heterocycles. The first-order chi connectivity index (χ1) is 9.96. The van der Waals surface area contributed by atoms with Crippen LogP contribution in [0.2, 0.25) is 0 Å². The number of methoxy groups -OCH3 is 1. The third-order valence-corrected chi connectivity index (χ3v) is 4.79. The van der Waals surface area contributed by atoms with Gasteiger partial charge in [-0.15, -0.1) is 12.4 Å². The fourth-order valence-corrected chi connectivity index (χ4v) is 3.21. The van der Waals surface area contributed by atoms with Crippen molar-refractivity contribution in [3.05, 3.63) is 28.2 Å². The molecule has 1 aliphatic rings.